The van der Waals surface area contributed by atoms with E-state index in [0.29, 0.717) is 11.3 Å². The highest BCUT2D eigenvalue weighted by Crippen LogP contribution is 2.43. The fourth-order valence-electron chi connectivity index (χ4n) is 2.57. The highest BCUT2D eigenvalue weighted by atomic mass is 32.2. The van der Waals surface area contributed by atoms with Gasteiger partial charge in [-0.25, -0.2) is 17.9 Å². The van der Waals surface area contributed by atoms with Crippen LogP contribution >= 0.6 is 11.3 Å². The number of nitrogens with one attached hydrogen (secondary N) is 1. The maximum atomic E-state index is 12.4. The van der Waals surface area contributed by atoms with E-state index in [1.807, 2.05) is 13.8 Å². The Morgan fingerprint density at radius 2 is 2.14 bits per heavy atom. The van der Waals surface area contributed by atoms with Gasteiger partial charge in [0.25, 0.3) is 0 Å². The molecular formula is C13H19NO5S2. The Balaban J connectivity index is 2.22. The smallest absolute Gasteiger partial charge is 0.345 e. The first-order valence-electron chi connectivity index (χ1n) is 6.48. The second-order valence-electron chi connectivity index (χ2n) is 5.79. The van der Waals surface area contributed by atoms with Gasteiger partial charge in [0.15, 0.2) is 0 Å². The van der Waals surface area contributed by atoms with Gasteiger partial charge in [-0.2, -0.15) is 0 Å². The van der Waals surface area contributed by atoms with Crippen molar-refractivity contribution >= 4 is 27.3 Å². The Morgan fingerprint density at radius 3 is 2.57 bits per heavy atom. The van der Waals surface area contributed by atoms with Crippen LogP contribution in [0.3, 0.4) is 0 Å². The molecule has 1 heterocycles. The Labute approximate surface area is 128 Å². The van der Waals surface area contributed by atoms with E-state index >= 15 is 0 Å². The molecule has 1 aromatic heterocycles. The van der Waals surface area contributed by atoms with Crippen molar-refractivity contribution in [2.24, 2.45) is 5.41 Å². The number of rotatable bonds is 5. The summed E-state index contributed by atoms with van der Waals surface area (Å²) < 4.78 is 32.8. The van der Waals surface area contributed by atoms with Gasteiger partial charge in [0.05, 0.1) is 11.0 Å². The van der Waals surface area contributed by atoms with Crippen LogP contribution in [0.2, 0.25) is 0 Å². The highest BCUT2D eigenvalue weighted by molar-refractivity contribution is 7.89. The molecule has 21 heavy (non-hydrogen) atoms. The molecule has 0 radical (unpaired) electrons. The Hall–Kier alpha value is -0.960. The number of methoxy groups -OCH3 is 1. The molecule has 2 atom stereocenters. The summed E-state index contributed by atoms with van der Waals surface area (Å²) in [5.41, 5.74) is -0.290. The van der Waals surface area contributed by atoms with Crippen molar-refractivity contribution in [1.82, 2.24) is 4.72 Å². The molecule has 118 valence electrons. The normalized spacial score (nSPS) is 24.6. The monoisotopic (exact) mass is 333 g/mol. The summed E-state index contributed by atoms with van der Waals surface area (Å²) in [6.07, 6.45) is 0.626. The standard InChI is InChI=1S/C13H19NO5S2/c1-7-9(5-8(20-7)12(15)16)21(17,18)14-10-6-11(19-4)13(10,2)3/h5,10-11,14H,6H2,1-4H3,(H,15,16). The van der Waals surface area contributed by atoms with Crippen LogP contribution in [-0.4, -0.2) is 38.7 Å². The molecular weight excluding hydrogens is 314 g/mol. The zero-order chi connectivity index (χ0) is 16.0. The van der Waals surface area contributed by atoms with Crippen molar-refractivity contribution in [3.8, 4) is 0 Å². The molecule has 1 aromatic rings. The number of carbonyl (C=O) groups is 1. The lowest BCUT2D eigenvalue weighted by Gasteiger charge is -2.50. The minimum Gasteiger partial charge on any atom is -0.477 e. The maximum Gasteiger partial charge on any atom is 0.345 e. The summed E-state index contributed by atoms with van der Waals surface area (Å²) in [4.78, 5) is 11.5. The van der Waals surface area contributed by atoms with Crippen LogP contribution in [0.1, 0.15) is 34.8 Å². The molecule has 0 spiro atoms. The van der Waals surface area contributed by atoms with E-state index in [1.54, 1.807) is 14.0 Å². The number of carboxylic acid groups (broad SMARTS) is 1. The first-order chi connectivity index (χ1) is 9.59. The van der Waals surface area contributed by atoms with E-state index in [-0.39, 0.29) is 27.3 Å². The van der Waals surface area contributed by atoms with Crippen molar-refractivity contribution in [1.29, 1.82) is 0 Å². The molecule has 2 rings (SSSR count). The van der Waals surface area contributed by atoms with Crippen molar-refractivity contribution in [3.05, 3.63) is 15.8 Å². The van der Waals surface area contributed by atoms with E-state index in [2.05, 4.69) is 4.72 Å². The van der Waals surface area contributed by atoms with Gasteiger partial charge >= 0.3 is 5.97 Å². The van der Waals surface area contributed by atoms with Crippen LogP contribution in [0.25, 0.3) is 0 Å². The molecule has 1 aliphatic carbocycles. The molecule has 1 aliphatic rings. The van der Waals surface area contributed by atoms with Gasteiger partial charge < -0.3 is 9.84 Å². The van der Waals surface area contributed by atoms with E-state index in [1.165, 1.54) is 6.07 Å². The first kappa shape index (κ1) is 16.4. The number of hydrogen-bond donors (Lipinski definition) is 2. The van der Waals surface area contributed by atoms with Gasteiger partial charge in [-0.15, -0.1) is 11.3 Å². The van der Waals surface area contributed by atoms with Crippen molar-refractivity contribution in [2.75, 3.05) is 7.11 Å². The first-order valence-corrected chi connectivity index (χ1v) is 8.78. The van der Waals surface area contributed by atoms with Gasteiger partial charge in [-0.1, -0.05) is 13.8 Å². The summed E-state index contributed by atoms with van der Waals surface area (Å²) in [5, 5.41) is 8.96. The quantitative estimate of drug-likeness (QED) is 0.858. The lowest BCUT2D eigenvalue weighted by atomic mass is 9.65. The van der Waals surface area contributed by atoms with Gasteiger partial charge in [-0.3, -0.25) is 0 Å². The number of ether oxygens (including phenoxy) is 1. The van der Waals surface area contributed by atoms with E-state index in [4.69, 9.17) is 9.84 Å². The SMILES string of the molecule is COC1CC(NS(=O)(=O)c2cc(C(=O)O)sc2C)C1(C)C. The molecule has 0 aliphatic heterocycles. The van der Waals surface area contributed by atoms with Gasteiger partial charge in [-0.05, 0) is 19.4 Å². The van der Waals surface area contributed by atoms with Gasteiger partial charge in [0.1, 0.15) is 4.88 Å². The average Bonchev–Trinajstić information content (AvgIpc) is 2.77. The molecule has 8 heteroatoms. The molecule has 0 saturated heterocycles. The lowest BCUT2D eigenvalue weighted by molar-refractivity contribution is -0.0908. The molecule has 0 amide bonds. The molecule has 6 nitrogen and oxygen atoms in total. The Morgan fingerprint density at radius 1 is 1.52 bits per heavy atom. The average molecular weight is 333 g/mol. The van der Waals surface area contributed by atoms with Crippen molar-refractivity contribution < 1.29 is 23.1 Å². The third kappa shape index (κ3) is 2.85. The number of aromatic carboxylic acids is 1. The largest absolute Gasteiger partial charge is 0.477 e. The fraction of sp³-hybridized carbons (Fsp3) is 0.615. The summed E-state index contributed by atoms with van der Waals surface area (Å²) >= 11 is 0.964. The van der Waals surface area contributed by atoms with Gasteiger partial charge in [0.2, 0.25) is 10.0 Å². The van der Waals surface area contributed by atoms with Gasteiger partial charge in [0, 0.05) is 23.4 Å². The Bertz CT molecular complexity index is 662. The number of hydrogen-bond acceptors (Lipinski definition) is 5. The molecule has 0 aromatic carbocycles. The van der Waals surface area contributed by atoms with Crippen LogP contribution in [0.4, 0.5) is 0 Å². The van der Waals surface area contributed by atoms with E-state index in [0.717, 1.165) is 11.3 Å². The second-order valence-corrected chi connectivity index (χ2v) is 8.73. The summed E-state index contributed by atoms with van der Waals surface area (Å²) in [7, 11) is -2.11. The van der Waals surface area contributed by atoms with E-state index in [9.17, 15) is 13.2 Å². The fourth-order valence-corrected chi connectivity index (χ4v) is 5.41. The van der Waals surface area contributed by atoms with Crippen LogP contribution in [0, 0.1) is 12.3 Å². The van der Waals surface area contributed by atoms with Crippen LogP contribution in [0.15, 0.2) is 11.0 Å². The maximum absolute atomic E-state index is 12.4. The van der Waals surface area contributed by atoms with Crippen molar-refractivity contribution in [2.45, 2.75) is 44.2 Å². The predicted octanol–water partition coefficient (Wildman–Crippen LogP) is 1.85. The molecule has 1 saturated carbocycles. The van der Waals surface area contributed by atoms with Crippen LogP contribution < -0.4 is 4.72 Å². The molecule has 1 fully saturated rings. The molecule has 0 bridgehead atoms. The molecule has 2 N–H and O–H groups in total. The molecule has 2 unspecified atom stereocenters. The lowest BCUT2D eigenvalue weighted by Crippen LogP contribution is -2.61. The third-order valence-corrected chi connectivity index (χ3v) is 6.90. The van der Waals surface area contributed by atoms with Crippen LogP contribution in [-0.2, 0) is 14.8 Å². The van der Waals surface area contributed by atoms with Crippen molar-refractivity contribution in [3.63, 3.8) is 0 Å². The number of carboxylic acids is 1. The zero-order valence-electron chi connectivity index (χ0n) is 12.3. The number of thiophene rings is 1. The predicted molar refractivity (Wildman–Crippen MR) is 79.3 cm³/mol. The van der Waals surface area contributed by atoms with Crippen LogP contribution in [0.5, 0.6) is 0 Å². The minimum atomic E-state index is -3.72. The number of aryl methyl sites for hydroxylation is 1. The summed E-state index contributed by atoms with van der Waals surface area (Å²) in [6.45, 7) is 5.50. The highest BCUT2D eigenvalue weighted by Gasteiger charge is 2.50. The minimum absolute atomic E-state index is 0.0170. The summed E-state index contributed by atoms with van der Waals surface area (Å²) in [5.74, 6) is -1.12. The summed E-state index contributed by atoms with van der Waals surface area (Å²) in [6, 6.07) is 0.990. The third-order valence-electron chi connectivity index (χ3n) is 4.13. The number of sulfonamides is 1. The Kier molecular flexibility index (Phi) is 4.18. The van der Waals surface area contributed by atoms with E-state index < -0.39 is 16.0 Å². The second kappa shape index (κ2) is 5.35. The topological polar surface area (TPSA) is 92.7 Å². The zero-order valence-corrected chi connectivity index (χ0v) is 14.0.